The topological polar surface area (TPSA) is 54.9 Å². The van der Waals surface area contributed by atoms with Gasteiger partial charge in [0, 0.05) is 12.2 Å². The van der Waals surface area contributed by atoms with E-state index in [9.17, 15) is 18.0 Å². The molecule has 1 saturated carbocycles. The molecule has 0 spiro atoms. The third kappa shape index (κ3) is 6.21. The number of carbonyl (C=O) groups is 1. The number of benzene rings is 1. The van der Waals surface area contributed by atoms with E-state index in [-0.39, 0.29) is 5.91 Å². The van der Waals surface area contributed by atoms with Crippen molar-refractivity contribution in [2.75, 3.05) is 5.32 Å². The van der Waals surface area contributed by atoms with Crippen molar-refractivity contribution in [2.45, 2.75) is 54.8 Å². The molecule has 4 nitrogen and oxygen atoms in total. The van der Waals surface area contributed by atoms with E-state index in [0.29, 0.717) is 27.6 Å². The van der Waals surface area contributed by atoms with Crippen LogP contribution in [0.5, 0.6) is 0 Å². The Hall–Kier alpha value is -1.61. The summed E-state index contributed by atoms with van der Waals surface area (Å²) >= 11 is 2.66. The fourth-order valence-corrected chi connectivity index (χ4v) is 4.79. The summed E-state index contributed by atoms with van der Waals surface area (Å²) in [6.07, 6.45) is 2.06. The number of anilines is 1. The summed E-state index contributed by atoms with van der Waals surface area (Å²) in [4.78, 5) is 12.0. The smallest absolute Gasteiger partial charge is 0.301 e. The first-order valence-electron chi connectivity index (χ1n) is 8.82. The molecule has 3 rings (SSSR count). The van der Waals surface area contributed by atoms with Gasteiger partial charge in [-0.25, -0.2) is 0 Å². The second-order valence-electron chi connectivity index (χ2n) is 6.59. The molecule has 0 saturated heterocycles. The van der Waals surface area contributed by atoms with Crippen molar-refractivity contribution in [1.82, 2.24) is 10.2 Å². The van der Waals surface area contributed by atoms with E-state index in [0.717, 1.165) is 24.1 Å². The molecule has 1 aromatic carbocycles. The van der Waals surface area contributed by atoms with E-state index in [1.807, 2.05) is 0 Å². The highest BCUT2D eigenvalue weighted by Gasteiger charge is 2.29. The van der Waals surface area contributed by atoms with E-state index in [2.05, 4.69) is 15.5 Å². The van der Waals surface area contributed by atoms with Gasteiger partial charge < -0.3 is 5.32 Å². The van der Waals surface area contributed by atoms with Crippen LogP contribution in [0.3, 0.4) is 0 Å². The number of aromatic nitrogens is 2. The average Bonchev–Trinajstić information content (AvgIpc) is 3.30. The Morgan fingerprint density at radius 1 is 1.19 bits per heavy atom. The number of thioether (sulfide) groups is 1. The molecule has 1 heterocycles. The molecule has 1 aliphatic rings. The molecule has 0 bridgehead atoms. The maximum absolute atomic E-state index is 12.6. The monoisotopic (exact) mass is 415 g/mol. The van der Waals surface area contributed by atoms with E-state index in [4.69, 9.17) is 0 Å². The van der Waals surface area contributed by atoms with E-state index in [1.54, 1.807) is 0 Å². The van der Waals surface area contributed by atoms with Crippen molar-refractivity contribution in [3.63, 3.8) is 0 Å². The maximum atomic E-state index is 12.6. The standard InChI is InChI=1S/C18H20F3N3OS2/c19-18(20,21)14-8-5-13(6-9-14)11-26-17-24-23-16(27-17)22-15(25)10-7-12-3-1-2-4-12/h5-6,8-9,12H,1-4,7,10-11H2,(H,22,23,25). The van der Waals surface area contributed by atoms with Crippen molar-refractivity contribution in [3.05, 3.63) is 35.4 Å². The normalized spacial score (nSPS) is 15.2. The summed E-state index contributed by atoms with van der Waals surface area (Å²) in [6, 6.07) is 5.07. The lowest BCUT2D eigenvalue weighted by Crippen LogP contribution is -2.12. The van der Waals surface area contributed by atoms with Gasteiger partial charge in [-0.3, -0.25) is 4.79 Å². The van der Waals surface area contributed by atoms with E-state index in [1.165, 1.54) is 60.9 Å². The van der Waals surface area contributed by atoms with Gasteiger partial charge in [0.15, 0.2) is 4.34 Å². The SMILES string of the molecule is O=C(CCC1CCCC1)Nc1nnc(SCc2ccc(C(F)(F)F)cc2)s1. The number of nitrogens with zero attached hydrogens (tertiary/aromatic N) is 2. The van der Waals surface area contributed by atoms with Crippen LogP contribution in [-0.4, -0.2) is 16.1 Å². The largest absolute Gasteiger partial charge is 0.416 e. The second-order valence-corrected chi connectivity index (χ2v) is 8.79. The quantitative estimate of drug-likeness (QED) is 0.462. The van der Waals surface area contributed by atoms with Crippen LogP contribution in [0.15, 0.2) is 28.6 Å². The molecule has 1 amide bonds. The van der Waals surface area contributed by atoms with Crippen LogP contribution in [-0.2, 0) is 16.7 Å². The third-order valence-corrected chi connectivity index (χ3v) is 6.59. The molecule has 1 fully saturated rings. The molecule has 0 unspecified atom stereocenters. The Kier molecular flexibility index (Phi) is 6.75. The van der Waals surface area contributed by atoms with Gasteiger partial charge in [-0.15, -0.1) is 10.2 Å². The predicted molar refractivity (Wildman–Crippen MR) is 101 cm³/mol. The molecular formula is C18H20F3N3OS2. The minimum atomic E-state index is -4.32. The molecular weight excluding hydrogens is 395 g/mol. The number of carbonyl (C=O) groups excluding carboxylic acids is 1. The highest BCUT2D eigenvalue weighted by atomic mass is 32.2. The number of halogens is 3. The number of alkyl halides is 3. The lowest BCUT2D eigenvalue weighted by atomic mass is 10.0. The van der Waals surface area contributed by atoms with Crippen molar-refractivity contribution in [1.29, 1.82) is 0 Å². The average molecular weight is 416 g/mol. The third-order valence-electron chi connectivity index (χ3n) is 4.55. The maximum Gasteiger partial charge on any atom is 0.416 e. The highest BCUT2D eigenvalue weighted by Crippen LogP contribution is 2.32. The highest BCUT2D eigenvalue weighted by molar-refractivity contribution is 8.00. The molecule has 27 heavy (non-hydrogen) atoms. The number of hydrogen-bond acceptors (Lipinski definition) is 5. The molecule has 2 aromatic rings. The van der Waals surface area contributed by atoms with E-state index < -0.39 is 11.7 Å². The number of hydrogen-bond donors (Lipinski definition) is 1. The van der Waals surface area contributed by atoms with Gasteiger partial charge in [0.1, 0.15) is 0 Å². The number of nitrogens with one attached hydrogen (secondary N) is 1. The molecule has 146 valence electrons. The molecule has 0 aliphatic heterocycles. The zero-order chi connectivity index (χ0) is 19.3. The van der Waals surface area contributed by atoms with Gasteiger partial charge in [-0.2, -0.15) is 13.2 Å². The van der Waals surface area contributed by atoms with Crippen LogP contribution in [0.2, 0.25) is 0 Å². The summed E-state index contributed by atoms with van der Waals surface area (Å²) in [6.45, 7) is 0. The summed E-state index contributed by atoms with van der Waals surface area (Å²) in [7, 11) is 0. The van der Waals surface area contributed by atoms with Crippen molar-refractivity contribution >= 4 is 34.1 Å². The first-order valence-corrected chi connectivity index (χ1v) is 10.6. The molecule has 1 aliphatic carbocycles. The van der Waals surface area contributed by atoms with Gasteiger partial charge >= 0.3 is 6.18 Å². The van der Waals surface area contributed by atoms with Gasteiger partial charge in [-0.05, 0) is 30.0 Å². The fourth-order valence-electron chi connectivity index (χ4n) is 3.07. The zero-order valence-electron chi connectivity index (χ0n) is 14.6. The Balaban J connectivity index is 1.44. The van der Waals surface area contributed by atoms with Crippen LogP contribution in [0.25, 0.3) is 0 Å². The van der Waals surface area contributed by atoms with Crippen molar-refractivity contribution in [2.24, 2.45) is 5.92 Å². The first kappa shape index (κ1) is 20.1. The number of amides is 1. The van der Waals surface area contributed by atoms with Crippen LogP contribution < -0.4 is 5.32 Å². The fraction of sp³-hybridized carbons (Fsp3) is 0.500. The first-order chi connectivity index (χ1) is 12.9. The minimum Gasteiger partial charge on any atom is -0.301 e. The van der Waals surface area contributed by atoms with E-state index >= 15 is 0 Å². The van der Waals surface area contributed by atoms with Crippen LogP contribution >= 0.6 is 23.1 Å². The molecule has 9 heteroatoms. The van der Waals surface area contributed by atoms with Crippen molar-refractivity contribution < 1.29 is 18.0 Å². The molecule has 1 N–H and O–H groups in total. The van der Waals surface area contributed by atoms with Crippen LogP contribution in [0.4, 0.5) is 18.3 Å². The van der Waals surface area contributed by atoms with Crippen molar-refractivity contribution in [3.8, 4) is 0 Å². The number of rotatable bonds is 7. The van der Waals surface area contributed by atoms with Gasteiger partial charge in [0.2, 0.25) is 11.0 Å². The summed E-state index contributed by atoms with van der Waals surface area (Å²) in [5.41, 5.74) is 0.111. The second kappa shape index (κ2) is 9.05. The summed E-state index contributed by atoms with van der Waals surface area (Å²) < 4.78 is 38.4. The Labute approximate surface area is 164 Å². The molecule has 0 atom stereocenters. The Bertz CT molecular complexity index is 756. The lowest BCUT2D eigenvalue weighted by Gasteiger charge is -2.07. The Morgan fingerprint density at radius 3 is 2.56 bits per heavy atom. The summed E-state index contributed by atoms with van der Waals surface area (Å²) in [5.74, 6) is 1.11. The Morgan fingerprint density at radius 2 is 1.89 bits per heavy atom. The van der Waals surface area contributed by atoms with Crippen LogP contribution in [0, 0.1) is 5.92 Å². The van der Waals surface area contributed by atoms with Gasteiger partial charge in [-0.1, -0.05) is 60.9 Å². The summed E-state index contributed by atoms with van der Waals surface area (Å²) in [5, 5.41) is 11.2. The van der Waals surface area contributed by atoms with Gasteiger partial charge in [0.25, 0.3) is 0 Å². The van der Waals surface area contributed by atoms with Crippen LogP contribution in [0.1, 0.15) is 49.7 Å². The molecule has 0 radical (unpaired) electrons. The molecule has 1 aromatic heterocycles. The lowest BCUT2D eigenvalue weighted by molar-refractivity contribution is -0.137. The predicted octanol–water partition coefficient (Wildman–Crippen LogP) is 5.76. The minimum absolute atomic E-state index is 0.0441. The van der Waals surface area contributed by atoms with Gasteiger partial charge in [0.05, 0.1) is 5.56 Å². The zero-order valence-corrected chi connectivity index (χ0v) is 16.2.